The number of aliphatic hydroxyl groups is 1. The minimum atomic E-state index is 0.227. The molecule has 0 spiro atoms. The van der Waals surface area contributed by atoms with Crippen LogP contribution in [0.15, 0.2) is 0 Å². The van der Waals surface area contributed by atoms with E-state index in [0.717, 1.165) is 19.6 Å². The Labute approximate surface area is 98.0 Å². The van der Waals surface area contributed by atoms with E-state index in [0.29, 0.717) is 18.2 Å². The number of hydrogen-bond acceptors (Lipinski definition) is 4. The molecular weight excluding hydrogens is 204 g/mol. The maximum atomic E-state index is 9.34. The van der Waals surface area contributed by atoms with Gasteiger partial charge in [0.2, 0.25) is 0 Å². The molecule has 0 aromatic carbocycles. The number of aliphatic hydroxyl groups excluding tert-OH is 1. The Hall–Kier alpha value is -0.160. The lowest BCUT2D eigenvalue weighted by Gasteiger charge is -2.37. The molecule has 0 radical (unpaired) electrons. The lowest BCUT2D eigenvalue weighted by Crippen LogP contribution is -2.51. The van der Waals surface area contributed by atoms with Crippen molar-refractivity contribution in [2.75, 3.05) is 26.2 Å². The zero-order valence-electron chi connectivity index (χ0n) is 10.4. The van der Waals surface area contributed by atoms with Gasteiger partial charge in [0.1, 0.15) is 0 Å². The molecule has 1 saturated carbocycles. The molecule has 4 nitrogen and oxygen atoms in total. The van der Waals surface area contributed by atoms with E-state index in [1.165, 1.54) is 12.8 Å². The zero-order chi connectivity index (χ0) is 11.5. The SMILES string of the molecule is CC1CN(CC(CO)NC2CC2)CC(C)O1. The van der Waals surface area contributed by atoms with E-state index in [-0.39, 0.29) is 12.6 Å². The predicted octanol–water partition coefficient (Wildman–Crippen LogP) is 0.209. The summed E-state index contributed by atoms with van der Waals surface area (Å²) in [5, 5.41) is 12.8. The highest BCUT2D eigenvalue weighted by Gasteiger charge is 2.28. The molecule has 0 aromatic heterocycles. The largest absolute Gasteiger partial charge is 0.395 e. The molecular formula is C12H24N2O2. The Morgan fingerprint density at radius 3 is 2.44 bits per heavy atom. The lowest BCUT2D eigenvalue weighted by molar-refractivity contribution is -0.0710. The summed E-state index contributed by atoms with van der Waals surface area (Å²) in [7, 11) is 0. The molecule has 94 valence electrons. The zero-order valence-corrected chi connectivity index (χ0v) is 10.4. The van der Waals surface area contributed by atoms with Crippen LogP contribution >= 0.6 is 0 Å². The third-order valence-corrected chi connectivity index (χ3v) is 3.24. The quantitative estimate of drug-likeness (QED) is 0.706. The molecule has 0 bridgehead atoms. The molecule has 1 aliphatic heterocycles. The Morgan fingerprint density at radius 1 is 1.31 bits per heavy atom. The van der Waals surface area contributed by atoms with Gasteiger partial charge in [-0.3, -0.25) is 4.90 Å². The number of morpholine rings is 1. The Morgan fingerprint density at radius 2 is 1.94 bits per heavy atom. The van der Waals surface area contributed by atoms with Crippen LogP contribution in [0.25, 0.3) is 0 Å². The standard InChI is InChI=1S/C12H24N2O2/c1-9-5-14(6-10(2)16-9)7-12(8-15)13-11-3-4-11/h9-13,15H,3-8H2,1-2H3. The molecule has 1 saturated heterocycles. The first-order valence-electron chi connectivity index (χ1n) is 6.42. The summed E-state index contributed by atoms with van der Waals surface area (Å²) >= 11 is 0. The topological polar surface area (TPSA) is 44.7 Å². The third-order valence-electron chi connectivity index (χ3n) is 3.24. The first-order chi connectivity index (χ1) is 7.67. The van der Waals surface area contributed by atoms with Gasteiger partial charge in [0.15, 0.2) is 0 Å². The molecule has 1 aliphatic carbocycles. The van der Waals surface area contributed by atoms with Gasteiger partial charge in [-0.15, -0.1) is 0 Å². The predicted molar refractivity (Wildman–Crippen MR) is 63.5 cm³/mol. The molecule has 2 aliphatic rings. The maximum absolute atomic E-state index is 9.34. The van der Waals surface area contributed by atoms with Crippen LogP contribution in [0.3, 0.4) is 0 Å². The van der Waals surface area contributed by atoms with Crippen molar-refractivity contribution < 1.29 is 9.84 Å². The van der Waals surface area contributed by atoms with E-state index in [1.54, 1.807) is 0 Å². The number of nitrogens with zero attached hydrogens (tertiary/aromatic N) is 1. The first kappa shape index (κ1) is 12.3. The average molecular weight is 228 g/mol. The van der Waals surface area contributed by atoms with Crippen molar-refractivity contribution in [2.24, 2.45) is 0 Å². The van der Waals surface area contributed by atoms with E-state index in [2.05, 4.69) is 24.1 Å². The number of nitrogens with one attached hydrogen (secondary N) is 1. The maximum Gasteiger partial charge on any atom is 0.0678 e. The summed E-state index contributed by atoms with van der Waals surface area (Å²) in [6.45, 7) is 7.36. The molecule has 0 amide bonds. The van der Waals surface area contributed by atoms with Gasteiger partial charge in [-0.25, -0.2) is 0 Å². The molecule has 4 heteroatoms. The van der Waals surface area contributed by atoms with Crippen molar-refractivity contribution in [3.63, 3.8) is 0 Å². The molecule has 16 heavy (non-hydrogen) atoms. The highest BCUT2D eigenvalue weighted by Crippen LogP contribution is 2.20. The summed E-state index contributed by atoms with van der Waals surface area (Å²) in [4.78, 5) is 2.40. The second kappa shape index (κ2) is 5.45. The van der Waals surface area contributed by atoms with Crippen molar-refractivity contribution in [1.29, 1.82) is 0 Å². The van der Waals surface area contributed by atoms with Crippen molar-refractivity contribution in [3.8, 4) is 0 Å². The van der Waals surface area contributed by atoms with Crippen LogP contribution in [0.1, 0.15) is 26.7 Å². The van der Waals surface area contributed by atoms with Crippen LogP contribution in [0.5, 0.6) is 0 Å². The van der Waals surface area contributed by atoms with Crippen LogP contribution in [-0.4, -0.2) is 60.5 Å². The van der Waals surface area contributed by atoms with E-state index >= 15 is 0 Å². The van der Waals surface area contributed by atoms with E-state index in [1.807, 2.05) is 0 Å². The molecule has 0 aromatic rings. The van der Waals surface area contributed by atoms with Crippen molar-refractivity contribution in [1.82, 2.24) is 10.2 Å². The third kappa shape index (κ3) is 3.70. The van der Waals surface area contributed by atoms with Crippen LogP contribution < -0.4 is 5.32 Å². The van der Waals surface area contributed by atoms with E-state index in [4.69, 9.17) is 4.74 Å². The summed E-state index contributed by atoms with van der Waals surface area (Å²) in [5.41, 5.74) is 0. The van der Waals surface area contributed by atoms with E-state index in [9.17, 15) is 5.11 Å². The molecule has 1 heterocycles. The smallest absolute Gasteiger partial charge is 0.0678 e. The van der Waals surface area contributed by atoms with Crippen LogP contribution in [0.4, 0.5) is 0 Å². The van der Waals surface area contributed by atoms with Gasteiger partial charge < -0.3 is 15.2 Å². The normalized spacial score (nSPS) is 33.9. The molecule has 2 rings (SSSR count). The van der Waals surface area contributed by atoms with Crippen LogP contribution in [0.2, 0.25) is 0 Å². The minimum absolute atomic E-state index is 0.227. The van der Waals surface area contributed by atoms with Gasteiger partial charge in [-0.1, -0.05) is 0 Å². The van der Waals surface area contributed by atoms with Crippen LogP contribution in [-0.2, 0) is 4.74 Å². The van der Waals surface area contributed by atoms with Crippen LogP contribution in [0, 0.1) is 0 Å². The second-order valence-corrected chi connectivity index (χ2v) is 5.30. The number of hydrogen-bond donors (Lipinski definition) is 2. The number of ether oxygens (including phenoxy) is 1. The fourth-order valence-electron chi connectivity index (χ4n) is 2.49. The van der Waals surface area contributed by atoms with Gasteiger partial charge >= 0.3 is 0 Å². The highest BCUT2D eigenvalue weighted by molar-refractivity contribution is 4.87. The van der Waals surface area contributed by atoms with Crippen molar-refractivity contribution in [3.05, 3.63) is 0 Å². The fourth-order valence-corrected chi connectivity index (χ4v) is 2.49. The highest BCUT2D eigenvalue weighted by atomic mass is 16.5. The summed E-state index contributed by atoms with van der Waals surface area (Å²) < 4.78 is 5.70. The van der Waals surface area contributed by atoms with Gasteiger partial charge in [0.05, 0.1) is 18.8 Å². The molecule has 2 N–H and O–H groups in total. The fraction of sp³-hybridized carbons (Fsp3) is 1.00. The minimum Gasteiger partial charge on any atom is -0.395 e. The van der Waals surface area contributed by atoms with Crippen molar-refractivity contribution in [2.45, 2.75) is 51.0 Å². The summed E-state index contributed by atoms with van der Waals surface area (Å²) in [6, 6.07) is 0.887. The van der Waals surface area contributed by atoms with E-state index < -0.39 is 0 Å². The monoisotopic (exact) mass is 228 g/mol. The Bertz CT molecular complexity index is 211. The summed E-state index contributed by atoms with van der Waals surface area (Å²) in [6.07, 6.45) is 3.16. The Kier molecular flexibility index (Phi) is 4.19. The number of rotatable bonds is 5. The van der Waals surface area contributed by atoms with Gasteiger partial charge in [-0.05, 0) is 26.7 Å². The second-order valence-electron chi connectivity index (χ2n) is 5.30. The molecule has 3 atom stereocenters. The summed E-state index contributed by atoms with van der Waals surface area (Å²) in [5.74, 6) is 0. The van der Waals surface area contributed by atoms with Gasteiger partial charge in [0, 0.05) is 31.7 Å². The van der Waals surface area contributed by atoms with Gasteiger partial charge in [0.25, 0.3) is 0 Å². The molecule has 2 fully saturated rings. The lowest BCUT2D eigenvalue weighted by atomic mass is 10.2. The van der Waals surface area contributed by atoms with Gasteiger partial charge in [-0.2, -0.15) is 0 Å². The van der Waals surface area contributed by atoms with Crippen molar-refractivity contribution >= 4 is 0 Å². The first-order valence-corrected chi connectivity index (χ1v) is 6.42. The average Bonchev–Trinajstić information content (AvgIpc) is 2.99. The molecule has 3 unspecified atom stereocenters. The Balaban J connectivity index is 1.76.